The molecule has 4 rings (SSSR count). The summed E-state index contributed by atoms with van der Waals surface area (Å²) in [6, 6.07) is 18.7. The van der Waals surface area contributed by atoms with Crippen molar-refractivity contribution in [1.82, 2.24) is 20.1 Å². The largest absolute Gasteiger partial charge is 0.445 e. The first-order chi connectivity index (χ1) is 18.6. The van der Waals surface area contributed by atoms with E-state index in [1.54, 1.807) is 26.4 Å². The van der Waals surface area contributed by atoms with Gasteiger partial charge in [-0.1, -0.05) is 30.0 Å². The zero-order chi connectivity index (χ0) is 26.7. The topological polar surface area (TPSA) is 105 Å². The summed E-state index contributed by atoms with van der Waals surface area (Å²) in [6.07, 6.45) is 4.75. The van der Waals surface area contributed by atoms with E-state index in [1.807, 2.05) is 66.7 Å². The van der Waals surface area contributed by atoms with Gasteiger partial charge in [-0.05, 0) is 54.6 Å². The quantitative estimate of drug-likeness (QED) is 0.276. The second kappa shape index (κ2) is 13.5. The fraction of sp³-hybridized carbons (Fsp3) is 0.214. The minimum absolute atomic E-state index is 0.0803. The summed E-state index contributed by atoms with van der Waals surface area (Å²) in [6.45, 7) is 1.21. The Hall–Kier alpha value is -3.99. The van der Waals surface area contributed by atoms with E-state index < -0.39 is 6.09 Å². The molecule has 1 amide bonds. The minimum Gasteiger partial charge on any atom is -0.445 e. The molecule has 0 saturated heterocycles. The highest BCUT2D eigenvalue weighted by atomic mass is 32.2. The number of carbonyl (C=O) groups is 2. The molecule has 38 heavy (non-hydrogen) atoms. The van der Waals surface area contributed by atoms with Crippen molar-refractivity contribution < 1.29 is 23.8 Å². The number of fused-ring (bicyclic) bond motifs is 1. The van der Waals surface area contributed by atoms with E-state index in [0.29, 0.717) is 30.0 Å². The second-order valence-electron chi connectivity index (χ2n) is 7.96. The molecule has 0 aliphatic carbocycles. The molecule has 1 N–H and O–H groups in total. The first-order valence-electron chi connectivity index (χ1n) is 12.0. The molecule has 0 spiro atoms. The van der Waals surface area contributed by atoms with E-state index in [1.165, 1.54) is 16.4 Å². The number of nitrogens with zero attached hydrogens (tertiary/aromatic N) is 3. The van der Waals surface area contributed by atoms with Crippen LogP contribution in [0.3, 0.4) is 0 Å². The minimum atomic E-state index is -0.615. The number of pyridine rings is 1. The van der Waals surface area contributed by atoms with Crippen molar-refractivity contribution in [3.63, 3.8) is 0 Å². The van der Waals surface area contributed by atoms with Gasteiger partial charge in [0.1, 0.15) is 6.61 Å². The second-order valence-corrected chi connectivity index (χ2v) is 9.08. The zero-order valence-electron chi connectivity index (χ0n) is 21.1. The molecule has 0 bridgehead atoms. The van der Waals surface area contributed by atoms with Gasteiger partial charge in [-0.15, -0.1) is 0 Å². The summed E-state index contributed by atoms with van der Waals surface area (Å²) in [4.78, 5) is 31.3. The van der Waals surface area contributed by atoms with Gasteiger partial charge in [-0.3, -0.25) is 9.78 Å². The molecule has 2 heterocycles. The SMILES string of the molecule is CNC(=O)c1ccccc1Sc1ccc2c(/C=C/c3ccccn3)nn(C(=O)OCCOCCOC)c2c1. The maximum absolute atomic E-state index is 13.0. The molecule has 0 radical (unpaired) electrons. The number of aromatic nitrogens is 3. The van der Waals surface area contributed by atoms with E-state index in [4.69, 9.17) is 14.2 Å². The van der Waals surface area contributed by atoms with Crippen LogP contribution in [0.4, 0.5) is 4.79 Å². The van der Waals surface area contributed by atoms with E-state index in [9.17, 15) is 9.59 Å². The van der Waals surface area contributed by atoms with Gasteiger partial charge in [0.05, 0.1) is 42.3 Å². The maximum Gasteiger partial charge on any atom is 0.435 e. The normalized spacial score (nSPS) is 11.2. The third kappa shape index (κ3) is 6.86. The lowest BCUT2D eigenvalue weighted by Gasteiger charge is -2.09. The van der Waals surface area contributed by atoms with Crippen LogP contribution < -0.4 is 5.32 Å². The van der Waals surface area contributed by atoms with Gasteiger partial charge in [-0.2, -0.15) is 9.78 Å². The van der Waals surface area contributed by atoms with Gasteiger partial charge in [0.15, 0.2) is 0 Å². The molecule has 196 valence electrons. The summed E-state index contributed by atoms with van der Waals surface area (Å²) >= 11 is 1.43. The number of hydrogen-bond donors (Lipinski definition) is 1. The molecule has 2 aromatic carbocycles. The highest BCUT2D eigenvalue weighted by Gasteiger charge is 2.18. The molecule has 0 saturated carbocycles. The average Bonchev–Trinajstić information content (AvgIpc) is 3.32. The standard InChI is InChI=1S/C28H28N4O5S/c1-29-27(33)23-8-3-4-9-26(23)38-21-11-12-22-24(13-10-20-7-5-6-14-30-20)31-32(25(22)19-21)28(34)37-18-17-36-16-15-35-2/h3-14,19H,15-18H2,1-2H3,(H,29,33)/b13-10+. The number of carbonyl (C=O) groups excluding carboxylic acids is 2. The molecule has 0 aliphatic rings. The molecule has 4 aromatic rings. The Balaban J connectivity index is 1.63. The summed E-state index contributed by atoms with van der Waals surface area (Å²) in [5, 5.41) is 7.98. The molecule has 0 aliphatic heterocycles. The lowest BCUT2D eigenvalue weighted by Crippen LogP contribution is -2.18. The van der Waals surface area contributed by atoms with Crippen LogP contribution in [-0.4, -0.2) is 67.3 Å². The fourth-order valence-corrected chi connectivity index (χ4v) is 4.56. The highest BCUT2D eigenvalue weighted by molar-refractivity contribution is 7.99. The smallest absolute Gasteiger partial charge is 0.435 e. The van der Waals surface area contributed by atoms with Gasteiger partial charge >= 0.3 is 6.09 Å². The number of hydrogen-bond acceptors (Lipinski definition) is 8. The Morgan fingerprint density at radius 2 is 1.82 bits per heavy atom. The molecular weight excluding hydrogens is 504 g/mol. The van der Waals surface area contributed by atoms with Crippen molar-refractivity contribution in [2.24, 2.45) is 0 Å². The van der Waals surface area contributed by atoms with Crippen LogP contribution in [0.1, 0.15) is 21.7 Å². The Morgan fingerprint density at radius 1 is 1.00 bits per heavy atom. The highest BCUT2D eigenvalue weighted by Crippen LogP contribution is 2.33. The van der Waals surface area contributed by atoms with E-state index in [0.717, 1.165) is 20.9 Å². The van der Waals surface area contributed by atoms with Gasteiger partial charge in [0, 0.05) is 35.5 Å². The third-order valence-electron chi connectivity index (χ3n) is 5.43. The summed E-state index contributed by atoms with van der Waals surface area (Å²) in [7, 11) is 3.19. The number of rotatable bonds is 11. The fourth-order valence-electron chi connectivity index (χ4n) is 3.58. The van der Waals surface area contributed by atoms with Crippen LogP contribution >= 0.6 is 11.8 Å². The molecule has 2 aromatic heterocycles. The number of ether oxygens (including phenoxy) is 3. The first-order valence-corrected chi connectivity index (χ1v) is 12.8. The predicted molar refractivity (Wildman–Crippen MR) is 146 cm³/mol. The lowest BCUT2D eigenvalue weighted by atomic mass is 10.2. The zero-order valence-corrected chi connectivity index (χ0v) is 21.9. The van der Waals surface area contributed by atoms with Crippen LogP contribution in [0.2, 0.25) is 0 Å². The van der Waals surface area contributed by atoms with Crippen LogP contribution in [0.5, 0.6) is 0 Å². The Labute approximate surface area is 224 Å². The van der Waals surface area contributed by atoms with E-state index in [-0.39, 0.29) is 19.1 Å². The molecule has 9 nitrogen and oxygen atoms in total. The number of methoxy groups -OCH3 is 1. The van der Waals surface area contributed by atoms with Gasteiger partial charge in [0.25, 0.3) is 5.91 Å². The number of benzene rings is 2. The van der Waals surface area contributed by atoms with E-state index >= 15 is 0 Å². The van der Waals surface area contributed by atoms with Crippen molar-refractivity contribution in [3.8, 4) is 0 Å². The van der Waals surface area contributed by atoms with Crippen molar-refractivity contribution in [1.29, 1.82) is 0 Å². The summed E-state index contributed by atoms with van der Waals surface area (Å²) < 4.78 is 17.0. The van der Waals surface area contributed by atoms with Crippen LogP contribution in [0.25, 0.3) is 23.1 Å². The Kier molecular flexibility index (Phi) is 9.63. The van der Waals surface area contributed by atoms with Crippen LogP contribution in [-0.2, 0) is 14.2 Å². The lowest BCUT2D eigenvalue weighted by molar-refractivity contribution is 0.0420. The summed E-state index contributed by atoms with van der Waals surface area (Å²) in [5.74, 6) is -0.169. The monoisotopic (exact) mass is 532 g/mol. The summed E-state index contributed by atoms with van der Waals surface area (Å²) in [5.41, 5.74) is 2.52. The molecular formula is C28H28N4O5S. The van der Waals surface area contributed by atoms with Crippen molar-refractivity contribution in [2.75, 3.05) is 40.6 Å². The molecule has 0 fully saturated rings. The Morgan fingerprint density at radius 3 is 2.61 bits per heavy atom. The number of amides is 1. The van der Waals surface area contributed by atoms with Gasteiger partial charge in [-0.25, -0.2) is 4.79 Å². The maximum atomic E-state index is 13.0. The molecule has 0 unspecified atom stereocenters. The van der Waals surface area contributed by atoms with Gasteiger partial charge in [0.2, 0.25) is 0 Å². The predicted octanol–water partition coefficient (Wildman–Crippen LogP) is 4.76. The van der Waals surface area contributed by atoms with Gasteiger partial charge < -0.3 is 19.5 Å². The van der Waals surface area contributed by atoms with Crippen LogP contribution in [0, 0.1) is 0 Å². The van der Waals surface area contributed by atoms with Crippen LogP contribution in [0.15, 0.2) is 76.7 Å². The van der Waals surface area contributed by atoms with Crippen molar-refractivity contribution >= 4 is 46.8 Å². The van der Waals surface area contributed by atoms with Crippen molar-refractivity contribution in [3.05, 3.63) is 83.8 Å². The Bertz CT molecular complexity index is 1420. The average molecular weight is 533 g/mol. The first kappa shape index (κ1) is 27.1. The third-order valence-corrected chi connectivity index (χ3v) is 6.49. The molecule has 10 heteroatoms. The molecule has 0 atom stereocenters. The van der Waals surface area contributed by atoms with E-state index in [2.05, 4.69) is 15.4 Å². The van der Waals surface area contributed by atoms with Crippen molar-refractivity contribution in [2.45, 2.75) is 9.79 Å². The number of nitrogens with one attached hydrogen (secondary N) is 1.